The molecule has 1 fully saturated rings. The van der Waals surface area contributed by atoms with Gasteiger partial charge in [-0.2, -0.15) is 0 Å². The first kappa shape index (κ1) is 15.4. The summed E-state index contributed by atoms with van der Waals surface area (Å²) in [5.41, 5.74) is 0.856. The Bertz CT molecular complexity index is 683. The van der Waals surface area contributed by atoms with Gasteiger partial charge < -0.3 is 5.32 Å². The smallest absolute Gasteiger partial charge is 0.240 e. The minimum Gasteiger partial charge on any atom is -0.316 e. The maximum absolute atomic E-state index is 12.2. The van der Waals surface area contributed by atoms with E-state index in [0.29, 0.717) is 13.0 Å². The van der Waals surface area contributed by atoms with E-state index in [1.54, 1.807) is 19.2 Å². The summed E-state index contributed by atoms with van der Waals surface area (Å²) in [5, 5.41) is 2.95. The first-order chi connectivity index (χ1) is 9.32. The van der Waals surface area contributed by atoms with Crippen molar-refractivity contribution in [3.05, 3.63) is 29.8 Å². The summed E-state index contributed by atoms with van der Waals surface area (Å²) in [6.07, 6.45) is 0.331. The molecule has 0 aliphatic carbocycles. The second kappa shape index (κ2) is 5.80. The summed E-state index contributed by atoms with van der Waals surface area (Å²) in [6.45, 7) is 0.571. The molecule has 0 aromatic heterocycles. The number of sulfonamides is 1. The van der Waals surface area contributed by atoms with Crippen LogP contribution in [-0.4, -0.2) is 41.4 Å². The van der Waals surface area contributed by atoms with Crippen molar-refractivity contribution < 1.29 is 16.8 Å². The predicted molar refractivity (Wildman–Crippen MR) is 76.6 cm³/mol. The lowest BCUT2D eigenvalue weighted by atomic mass is 10.2. The van der Waals surface area contributed by atoms with Gasteiger partial charge in [0, 0.05) is 12.6 Å². The summed E-state index contributed by atoms with van der Waals surface area (Å²) in [6, 6.07) is 6.06. The van der Waals surface area contributed by atoms with Gasteiger partial charge in [0.1, 0.15) is 0 Å². The average molecular weight is 318 g/mol. The molecule has 2 rings (SSSR count). The molecular formula is C12H18N2O4S2. The maximum Gasteiger partial charge on any atom is 0.240 e. The van der Waals surface area contributed by atoms with Crippen LogP contribution in [-0.2, 0) is 26.4 Å². The molecule has 1 aromatic carbocycles. The maximum atomic E-state index is 12.2. The van der Waals surface area contributed by atoms with Crippen LogP contribution >= 0.6 is 0 Å². The molecule has 1 unspecified atom stereocenters. The molecular weight excluding hydrogens is 300 g/mol. The summed E-state index contributed by atoms with van der Waals surface area (Å²) in [5.74, 6) is -0.0809. The lowest BCUT2D eigenvalue weighted by Crippen LogP contribution is -2.35. The lowest BCUT2D eigenvalue weighted by Gasteiger charge is -2.12. The molecule has 0 radical (unpaired) electrons. The number of nitrogens with one attached hydrogen (secondary N) is 2. The summed E-state index contributed by atoms with van der Waals surface area (Å²) in [7, 11) is -5.00. The molecule has 1 saturated heterocycles. The van der Waals surface area contributed by atoms with E-state index >= 15 is 0 Å². The first-order valence-electron chi connectivity index (χ1n) is 6.29. The number of benzene rings is 1. The van der Waals surface area contributed by atoms with Crippen LogP contribution in [0.4, 0.5) is 0 Å². The van der Waals surface area contributed by atoms with E-state index in [0.717, 1.165) is 5.56 Å². The highest BCUT2D eigenvalue weighted by Gasteiger charge is 2.31. The van der Waals surface area contributed by atoms with Crippen LogP contribution in [0.3, 0.4) is 0 Å². The second-order valence-electron chi connectivity index (χ2n) is 4.90. The Labute approximate surface area is 119 Å². The Morgan fingerprint density at radius 2 is 2.10 bits per heavy atom. The Morgan fingerprint density at radius 3 is 2.70 bits per heavy atom. The molecule has 1 heterocycles. The van der Waals surface area contributed by atoms with E-state index < -0.39 is 25.9 Å². The topological polar surface area (TPSA) is 92.3 Å². The molecule has 1 aliphatic heterocycles. The molecule has 1 atom stereocenters. The van der Waals surface area contributed by atoms with Crippen molar-refractivity contribution >= 4 is 19.9 Å². The normalized spacial score (nSPS) is 21.9. The van der Waals surface area contributed by atoms with Crippen LogP contribution in [0.5, 0.6) is 0 Å². The molecule has 0 bridgehead atoms. The van der Waals surface area contributed by atoms with Crippen molar-refractivity contribution in [2.45, 2.75) is 23.9 Å². The fraction of sp³-hybridized carbons (Fsp3) is 0.500. The Kier molecular flexibility index (Phi) is 4.48. The van der Waals surface area contributed by atoms with Gasteiger partial charge >= 0.3 is 0 Å². The zero-order valence-corrected chi connectivity index (χ0v) is 12.8. The number of hydrogen-bond acceptors (Lipinski definition) is 5. The Hall–Kier alpha value is -0.960. The molecule has 6 nitrogen and oxygen atoms in total. The zero-order valence-electron chi connectivity index (χ0n) is 11.2. The molecule has 8 heteroatoms. The van der Waals surface area contributed by atoms with E-state index in [2.05, 4.69) is 10.0 Å². The van der Waals surface area contributed by atoms with E-state index in [1.807, 2.05) is 6.07 Å². The Balaban J connectivity index is 2.16. The van der Waals surface area contributed by atoms with Gasteiger partial charge in [-0.15, -0.1) is 0 Å². The van der Waals surface area contributed by atoms with E-state index in [9.17, 15) is 16.8 Å². The summed E-state index contributed by atoms with van der Waals surface area (Å²) >= 11 is 0. The Morgan fingerprint density at radius 1 is 1.35 bits per heavy atom. The van der Waals surface area contributed by atoms with Crippen LogP contribution in [0, 0.1) is 0 Å². The van der Waals surface area contributed by atoms with Gasteiger partial charge in [-0.05, 0) is 31.2 Å². The van der Waals surface area contributed by atoms with Crippen molar-refractivity contribution in [2.75, 3.05) is 18.6 Å². The third-order valence-electron chi connectivity index (χ3n) is 3.14. The second-order valence-corrected chi connectivity index (χ2v) is 8.84. The highest BCUT2D eigenvalue weighted by atomic mass is 32.2. The molecule has 0 saturated carbocycles. The van der Waals surface area contributed by atoms with Gasteiger partial charge in [-0.3, -0.25) is 0 Å². The molecule has 1 aromatic rings. The SMILES string of the molecule is CNCc1cccc(S(=O)(=O)NC2CCS(=O)(=O)C2)c1. The molecule has 0 spiro atoms. The number of hydrogen-bond donors (Lipinski definition) is 2. The van der Waals surface area contributed by atoms with E-state index in [-0.39, 0.29) is 16.4 Å². The number of rotatable bonds is 5. The van der Waals surface area contributed by atoms with Crippen molar-refractivity contribution in [1.29, 1.82) is 0 Å². The fourth-order valence-corrected chi connectivity index (χ4v) is 5.32. The quantitative estimate of drug-likeness (QED) is 0.789. The lowest BCUT2D eigenvalue weighted by molar-refractivity contribution is 0.562. The van der Waals surface area contributed by atoms with Crippen molar-refractivity contribution in [1.82, 2.24) is 10.0 Å². The standard InChI is InChI=1S/C12H18N2O4S2/c1-13-8-10-3-2-4-12(7-10)20(17,18)14-11-5-6-19(15,16)9-11/h2-4,7,11,13-14H,5-6,8-9H2,1H3. The van der Waals surface area contributed by atoms with Gasteiger partial charge in [0.15, 0.2) is 9.84 Å². The van der Waals surface area contributed by atoms with Crippen LogP contribution < -0.4 is 10.0 Å². The highest BCUT2D eigenvalue weighted by Crippen LogP contribution is 2.16. The summed E-state index contributed by atoms with van der Waals surface area (Å²) in [4.78, 5) is 0.162. The van der Waals surface area contributed by atoms with Crippen molar-refractivity contribution in [2.24, 2.45) is 0 Å². The molecule has 1 aliphatic rings. The zero-order chi connectivity index (χ0) is 14.8. The third kappa shape index (κ3) is 3.78. The van der Waals surface area contributed by atoms with Gasteiger partial charge in [0.25, 0.3) is 0 Å². The molecule has 2 N–H and O–H groups in total. The average Bonchev–Trinajstić information content (AvgIpc) is 2.69. The monoisotopic (exact) mass is 318 g/mol. The van der Waals surface area contributed by atoms with Gasteiger partial charge in [0.2, 0.25) is 10.0 Å². The highest BCUT2D eigenvalue weighted by molar-refractivity contribution is 7.92. The largest absolute Gasteiger partial charge is 0.316 e. The van der Waals surface area contributed by atoms with Crippen LogP contribution in [0.1, 0.15) is 12.0 Å². The minimum absolute atomic E-state index is 0.0416. The van der Waals surface area contributed by atoms with Crippen LogP contribution in [0.2, 0.25) is 0 Å². The van der Waals surface area contributed by atoms with Crippen molar-refractivity contribution in [3.63, 3.8) is 0 Å². The van der Waals surface area contributed by atoms with E-state index in [1.165, 1.54) is 6.07 Å². The third-order valence-corrected chi connectivity index (χ3v) is 6.43. The van der Waals surface area contributed by atoms with Gasteiger partial charge in [-0.1, -0.05) is 12.1 Å². The molecule has 20 heavy (non-hydrogen) atoms. The van der Waals surface area contributed by atoms with E-state index in [4.69, 9.17) is 0 Å². The van der Waals surface area contributed by atoms with Crippen LogP contribution in [0.25, 0.3) is 0 Å². The fourth-order valence-electron chi connectivity index (χ4n) is 2.20. The molecule has 112 valence electrons. The van der Waals surface area contributed by atoms with Crippen molar-refractivity contribution in [3.8, 4) is 0 Å². The number of sulfone groups is 1. The van der Waals surface area contributed by atoms with Gasteiger partial charge in [-0.25, -0.2) is 21.6 Å². The first-order valence-corrected chi connectivity index (χ1v) is 9.59. The minimum atomic E-state index is -3.68. The van der Waals surface area contributed by atoms with Gasteiger partial charge in [0.05, 0.1) is 16.4 Å². The predicted octanol–water partition coefficient (Wildman–Crippen LogP) is -0.129. The van der Waals surface area contributed by atoms with Crippen LogP contribution in [0.15, 0.2) is 29.2 Å². The summed E-state index contributed by atoms with van der Waals surface area (Å²) < 4.78 is 49.6. The molecule has 0 amide bonds.